The zero-order chi connectivity index (χ0) is 18.7. The number of nitrogens with one attached hydrogen (secondary N) is 1. The van der Waals surface area contributed by atoms with Gasteiger partial charge in [-0.15, -0.1) is 0 Å². The molecule has 2 aromatic heterocycles. The molecule has 0 atom stereocenters. The van der Waals surface area contributed by atoms with Crippen LogP contribution in [-0.2, 0) is 10.0 Å². The maximum absolute atomic E-state index is 11.6. The molecule has 2 radical (unpaired) electrons. The molecule has 2 aromatic rings. The summed E-state index contributed by atoms with van der Waals surface area (Å²) in [4.78, 5) is 23.8. The van der Waals surface area contributed by atoms with Crippen LogP contribution in [0.25, 0.3) is 0 Å². The molecule has 0 unspecified atom stereocenters. The van der Waals surface area contributed by atoms with Gasteiger partial charge in [-0.1, -0.05) is 20.8 Å². The monoisotopic (exact) mass is 358 g/mol. The van der Waals surface area contributed by atoms with Crippen molar-refractivity contribution in [3.8, 4) is 0 Å². The van der Waals surface area contributed by atoms with Gasteiger partial charge in [0, 0.05) is 0 Å². The van der Waals surface area contributed by atoms with Gasteiger partial charge in [0.1, 0.15) is 6.33 Å². The van der Waals surface area contributed by atoms with E-state index in [-0.39, 0.29) is 20.5 Å². The molecular formula is C17H22N4O3Si. The van der Waals surface area contributed by atoms with E-state index in [9.17, 15) is 9.90 Å². The SMILES string of the molecule is CC(C)(C)[Si]OC(C)(C)c1ccc(Nc2cncnc2)c(C(=O)O)n1. The number of nitrogens with zero attached hydrogens (tertiary/aromatic N) is 3. The van der Waals surface area contributed by atoms with Crippen molar-refractivity contribution >= 4 is 27.1 Å². The molecule has 0 amide bonds. The molecule has 0 aliphatic rings. The van der Waals surface area contributed by atoms with Gasteiger partial charge in [-0.2, -0.15) is 0 Å². The third-order valence-corrected chi connectivity index (χ3v) is 4.39. The number of aromatic nitrogens is 3. The molecule has 0 fully saturated rings. The molecule has 8 heteroatoms. The third-order valence-electron chi connectivity index (χ3n) is 3.17. The molecule has 7 nitrogen and oxygen atoms in total. The molecule has 2 N–H and O–H groups in total. The molecule has 0 bridgehead atoms. The summed E-state index contributed by atoms with van der Waals surface area (Å²) < 4.78 is 6.00. The molecule has 2 heterocycles. The van der Waals surface area contributed by atoms with Crippen LogP contribution in [0.15, 0.2) is 30.9 Å². The van der Waals surface area contributed by atoms with E-state index in [1.165, 1.54) is 6.33 Å². The van der Waals surface area contributed by atoms with E-state index < -0.39 is 11.6 Å². The van der Waals surface area contributed by atoms with Gasteiger partial charge in [-0.05, 0) is 31.0 Å². The first-order valence-electron chi connectivity index (χ1n) is 7.80. The lowest BCUT2D eigenvalue weighted by Crippen LogP contribution is -2.29. The molecule has 0 aliphatic carbocycles. The van der Waals surface area contributed by atoms with E-state index in [1.807, 2.05) is 13.8 Å². The zero-order valence-corrected chi connectivity index (χ0v) is 16.0. The lowest BCUT2D eigenvalue weighted by atomic mass is 10.0. The second-order valence-corrected chi connectivity index (χ2v) is 9.02. The number of hydrogen-bond acceptors (Lipinski definition) is 6. The van der Waals surface area contributed by atoms with Crippen LogP contribution in [0.4, 0.5) is 11.4 Å². The fraction of sp³-hybridized carbons (Fsp3) is 0.412. The lowest BCUT2D eigenvalue weighted by Gasteiger charge is -2.29. The summed E-state index contributed by atoms with van der Waals surface area (Å²) in [6, 6.07) is 3.45. The van der Waals surface area contributed by atoms with Crippen LogP contribution < -0.4 is 5.32 Å². The molecule has 25 heavy (non-hydrogen) atoms. The summed E-state index contributed by atoms with van der Waals surface area (Å²) in [5.74, 6) is -1.12. The summed E-state index contributed by atoms with van der Waals surface area (Å²) in [7, 11) is 0.265. The number of carboxylic acids is 1. The van der Waals surface area contributed by atoms with E-state index in [0.29, 0.717) is 17.1 Å². The third kappa shape index (κ3) is 5.33. The minimum atomic E-state index is -1.12. The standard InChI is InChI=1S/C17H22N4O3Si/c1-16(2,3)25-24-17(4,5)13-7-6-12(14(21-13)15(22)23)20-11-8-18-10-19-9-11/h6-10,20H,1-5H3,(H,22,23). The fourth-order valence-corrected chi connectivity index (χ4v) is 2.58. The van der Waals surface area contributed by atoms with Crippen molar-refractivity contribution < 1.29 is 14.3 Å². The molecule has 0 saturated carbocycles. The minimum absolute atomic E-state index is 0.0295. The van der Waals surface area contributed by atoms with Crippen LogP contribution in [0, 0.1) is 0 Å². The molecule has 0 aromatic carbocycles. The second kappa shape index (κ2) is 7.28. The van der Waals surface area contributed by atoms with Crippen LogP contribution in [-0.4, -0.2) is 35.8 Å². The van der Waals surface area contributed by atoms with Crippen LogP contribution >= 0.6 is 0 Å². The highest BCUT2D eigenvalue weighted by Crippen LogP contribution is 2.30. The Bertz CT molecular complexity index is 745. The van der Waals surface area contributed by atoms with Crippen LogP contribution in [0.3, 0.4) is 0 Å². The van der Waals surface area contributed by atoms with Gasteiger partial charge in [0.2, 0.25) is 9.76 Å². The van der Waals surface area contributed by atoms with Crippen LogP contribution in [0.2, 0.25) is 5.04 Å². The van der Waals surface area contributed by atoms with E-state index in [2.05, 4.69) is 41.0 Å². The fourth-order valence-electron chi connectivity index (χ4n) is 1.91. The highest BCUT2D eigenvalue weighted by molar-refractivity contribution is 6.31. The van der Waals surface area contributed by atoms with Gasteiger partial charge in [-0.3, -0.25) is 0 Å². The number of carbonyl (C=O) groups is 1. The van der Waals surface area contributed by atoms with E-state index in [1.54, 1.807) is 24.5 Å². The Morgan fingerprint density at radius 2 is 1.80 bits per heavy atom. The molecule has 0 aliphatic heterocycles. The highest BCUT2D eigenvalue weighted by Gasteiger charge is 2.28. The van der Waals surface area contributed by atoms with Crippen molar-refractivity contribution in [3.05, 3.63) is 42.2 Å². The normalized spacial score (nSPS) is 12.0. The Kier molecular flexibility index (Phi) is 5.54. The number of pyridine rings is 1. The molecule has 0 saturated heterocycles. The minimum Gasteiger partial charge on any atom is -0.476 e. The largest absolute Gasteiger partial charge is 0.476 e. The summed E-state index contributed by atoms with van der Waals surface area (Å²) in [5, 5.41) is 12.5. The molecule has 0 spiro atoms. The van der Waals surface area contributed by atoms with Crippen molar-refractivity contribution in [3.63, 3.8) is 0 Å². The number of hydrogen-bond donors (Lipinski definition) is 2. The summed E-state index contributed by atoms with van der Waals surface area (Å²) in [6.45, 7) is 10.0. The number of carboxylic acid groups (broad SMARTS) is 1. The first-order chi connectivity index (χ1) is 11.6. The van der Waals surface area contributed by atoms with E-state index in [0.717, 1.165) is 0 Å². The van der Waals surface area contributed by atoms with Gasteiger partial charge in [0.05, 0.1) is 35.1 Å². The highest BCUT2D eigenvalue weighted by atomic mass is 28.2. The Balaban J connectivity index is 2.30. The van der Waals surface area contributed by atoms with Gasteiger partial charge < -0.3 is 14.8 Å². The summed E-state index contributed by atoms with van der Waals surface area (Å²) in [5.41, 5.74) is 0.766. The first kappa shape index (κ1) is 19.0. The molecule has 132 valence electrons. The number of anilines is 2. The van der Waals surface area contributed by atoms with E-state index in [4.69, 9.17) is 4.43 Å². The Morgan fingerprint density at radius 1 is 1.16 bits per heavy atom. The van der Waals surface area contributed by atoms with Crippen molar-refractivity contribution in [1.29, 1.82) is 0 Å². The Morgan fingerprint density at radius 3 is 2.36 bits per heavy atom. The van der Waals surface area contributed by atoms with Crippen molar-refractivity contribution in [2.75, 3.05) is 5.32 Å². The second-order valence-electron chi connectivity index (χ2n) is 7.11. The number of aromatic carboxylic acids is 1. The van der Waals surface area contributed by atoms with Gasteiger partial charge >= 0.3 is 5.97 Å². The maximum atomic E-state index is 11.6. The van der Waals surface area contributed by atoms with Crippen molar-refractivity contribution in [2.24, 2.45) is 0 Å². The lowest BCUT2D eigenvalue weighted by molar-refractivity contribution is 0.0687. The Labute approximate surface area is 149 Å². The Hall–Kier alpha value is -2.32. The molecule has 2 rings (SSSR count). The van der Waals surface area contributed by atoms with Gasteiger partial charge in [0.25, 0.3) is 0 Å². The molecular weight excluding hydrogens is 336 g/mol. The summed E-state index contributed by atoms with van der Waals surface area (Å²) >= 11 is 0. The first-order valence-corrected chi connectivity index (χ1v) is 8.71. The zero-order valence-electron chi connectivity index (χ0n) is 15.0. The maximum Gasteiger partial charge on any atom is 0.356 e. The predicted octanol–water partition coefficient (Wildman–Crippen LogP) is 3.40. The smallest absolute Gasteiger partial charge is 0.356 e. The van der Waals surface area contributed by atoms with E-state index >= 15 is 0 Å². The average molecular weight is 358 g/mol. The van der Waals surface area contributed by atoms with Gasteiger partial charge in [0.15, 0.2) is 5.69 Å². The quantitative estimate of drug-likeness (QED) is 0.764. The summed E-state index contributed by atoms with van der Waals surface area (Å²) in [6.07, 6.45) is 4.52. The predicted molar refractivity (Wildman–Crippen MR) is 96.1 cm³/mol. The van der Waals surface area contributed by atoms with Crippen LogP contribution in [0.1, 0.15) is 50.8 Å². The van der Waals surface area contributed by atoms with Crippen LogP contribution in [0.5, 0.6) is 0 Å². The topological polar surface area (TPSA) is 97.2 Å². The van der Waals surface area contributed by atoms with Crippen molar-refractivity contribution in [1.82, 2.24) is 15.0 Å². The number of rotatable bonds is 6. The van der Waals surface area contributed by atoms with Crippen molar-refractivity contribution in [2.45, 2.75) is 45.3 Å². The van der Waals surface area contributed by atoms with Gasteiger partial charge in [-0.25, -0.2) is 19.7 Å². The average Bonchev–Trinajstić information content (AvgIpc) is 2.53.